The molecule has 2 aromatic rings. The molecule has 0 heterocycles. The second-order valence-electron chi connectivity index (χ2n) is 4.92. The molecule has 3 nitrogen and oxygen atoms in total. The smallest absolute Gasteiger partial charge is 0.307 e. The standard InChI is InChI=1S/C17H18O3/c1-12-3-5-14(6-4-12)15-7-9-16(10-8-15)20-13(2)11-17(18)19/h3-10,13H,11H2,1-2H3,(H,18,19). The third kappa shape index (κ3) is 3.85. The van der Waals surface area contributed by atoms with Crippen molar-refractivity contribution in [3.05, 3.63) is 54.1 Å². The Labute approximate surface area is 118 Å². The molecule has 0 fully saturated rings. The van der Waals surface area contributed by atoms with E-state index in [-0.39, 0.29) is 12.5 Å². The molecule has 104 valence electrons. The second-order valence-corrected chi connectivity index (χ2v) is 4.92. The molecule has 0 spiro atoms. The Morgan fingerprint density at radius 1 is 1.05 bits per heavy atom. The fourth-order valence-electron chi connectivity index (χ4n) is 1.99. The van der Waals surface area contributed by atoms with Crippen LogP contribution < -0.4 is 4.74 Å². The van der Waals surface area contributed by atoms with Crippen LogP contribution in [0, 0.1) is 6.92 Å². The largest absolute Gasteiger partial charge is 0.490 e. The van der Waals surface area contributed by atoms with Gasteiger partial charge in [-0.1, -0.05) is 42.0 Å². The monoisotopic (exact) mass is 270 g/mol. The van der Waals surface area contributed by atoms with Crippen LogP contribution in [-0.4, -0.2) is 17.2 Å². The van der Waals surface area contributed by atoms with Gasteiger partial charge >= 0.3 is 5.97 Å². The normalized spacial score (nSPS) is 11.9. The van der Waals surface area contributed by atoms with Gasteiger partial charge in [-0.2, -0.15) is 0 Å². The van der Waals surface area contributed by atoms with E-state index >= 15 is 0 Å². The Morgan fingerprint density at radius 3 is 2.05 bits per heavy atom. The van der Waals surface area contributed by atoms with Crippen molar-refractivity contribution in [1.82, 2.24) is 0 Å². The molecule has 2 aromatic carbocycles. The fourth-order valence-corrected chi connectivity index (χ4v) is 1.99. The summed E-state index contributed by atoms with van der Waals surface area (Å²) < 4.78 is 5.55. The van der Waals surface area contributed by atoms with Crippen molar-refractivity contribution in [2.75, 3.05) is 0 Å². The zero-order chi connectivity index (χ0) is 14.5. The molecule has 0 bridgehead atoms. The van der Waals surface area contributed by atoms with Crippen molar-refractivity contribution < 1.29 is 14.6 Å². The fraction of sp³-hybridized carbons (Fsp3) is 0.235. The highest BCUT2D eigenvalue weighted by Crippen LogP contribution is 2.23. The van der Waals surface area contributed by atoms with Crippen LogP contribution in [0.4, 0.5) is 0 Å². The lowest BCUT2D eigenvalue weighted by Crippen LogP contribution is -2.16. The topological polar surface area (TPSA) is 46.5 Å². The number of benzene rings is 2. The van der Waals surface area contributed by atoms with Crippen LogP contribution >= 0.6 is 0 Å². The lowest BCUT2D eigenvalue weighted by molar-refractivity contribution is -0.138. The van der Waals surface area contributed by atoms with E-state index in [0.29, 0.717) is 5.75 Å². The molecule has 0 aliphatic carbocycles. The van der Waals surface area contributed by atoms with Crippen LogP contribution in [-0.2, 0) is 4.79 Å². The molecule has 0 aromatic heterocycles. The molecule has 1 N–H and O–H groups in total. The third-order valence-electron chi connectivity index (χ3n) is 3.04. The van der Waals surface area contributed by atoms with Gasteiger partial charge < -0.3 is 9.84 Å². The summed E-state index contributed by atoms with van der Waals surface area (Å²) in [4.78, 5) is 10.6. The van der Waals surface area contributed by atoms with Gasteiger partial charge in [0.2, 0.25) is 0 Å². The summed E-state index contributed by atoms with van der Waals surface area (Å²) in [6, 6.07) is 16.0. The average Bonchev–Trinajstić information content (AvgIpc) is 2.39. The van der Waals surface area contributed by atoms with E-state index in [9.17, 15) is 4.79 Å². The van der Waals surface area contributed by atoms with Gasteiger partial charge in [0.15, 0.2) is 0 Å². The number of carboxylic acid groups (broad SMARTS) is 1. The van der Waals surface area contributed by atoms with Crippen LogP contribution in [0.3, 0.4) is 0 Å². The van der Waals surface area contributed by atoms with Crippen molar-refractivity contribution in [2.45, 2.75) is 26.4 Å². The van der Waals surface area contributed by atoms with E-state index < -0.39 is 5.97 Å². The van der Waals surface area contributed by atoms with Crippen LogP contribution in [0.5, 0.6) is 5.75 Å². The average molecular weight is 270 g/mol. The summed E-state index contributed by atoms with van der Waals surface area (Å²) >= 11 is 0. The minimum atomic E-state index is -0.853. The summed E-state index contributed by atoms with van der Waals surface area (Å²) in [5.74, 6) is -0.164. The van der Waals surface area contributed by atoms with Gasteiger partial charge in [0.1, 0.15) is 11.9 Å². The van der Waals surface area contributed by atoms with E-state index in [1.807, 2.05) is 24.3 Å². The number of aliphatic carboxylic acids is 1. The van der Waals surface area contributed by atoms with Crippen LogP contribution in [0.25, 0.3) is 11.1 Å². The minimum absolute atomic E-state index is 0.000284. The molecular weight excluding hydrogens is 252 g/mol. The first kappa shape index (κ1) is 14.1. The summed E-state index contributed by atoms with van der Waals surface area (Å²) in [6.07, 6.45) is -0.336. The molecule has 3 heteroatoms. The van der Waals surface area contributed by atoms with Crippen LogP contribution in [0.2, 0.25) is 0 Å². The first-order valence-electron chi connectivity index (χ1n) is 6.60. The molecule has 2 rings (SSSR count). The lowest BCUT2D eigenvalue weighted by Gasteiger charge is -2.13. The van der Waals surface area contributed by atoms with E-state index in [1.54, 1.807) is 6.92 Å². The van der Waals surface area contributed by atoms with Gasteiger partial charge in [-0.25, -0.2) is 0 Å². The summed E-state index contributed by atoms with van der Waals surface area (Å²) in [7, 11) is 0. The summed E-state index contributed by atoms with van der Waals surface area (Å²) in [6.45, 7) is 3.81. The highest BCUT2D eigenvalue weighted by Gasteiger charge is 2.09. The Kier molecular flexibility index (Phi) is 4.41. The predicted molar refractivity (Wildman–Crippen MR) is 79.0 cm³/mol. The molecule has 0 radical (unpaired) electrons. The number of carboxylic acids is 1. The lowest BCUT2D eigenvalue weighted by atomic mass is 10.0. The van der Waals surface area contributed by atoms with Crippen molar-refractivity contribution in [2.24, 2.45) is 0 Å². The highest BCUT2D eigenvalue weighted by atomic mass is 16.5. The Morgan fingerprint density at radius 2 is 1.55 bits per heavy atom. The van der Waals surface area contributed by atoms with Crippen molar-refractivity contribution >= 4 is 5.97 Å². The molecule has 1 unspecified atom stereocenters. The minimum Gasteiger partial charge on any atom is -0.490 e. The van der Waals surface area contributed by atoms with E-state index in [2.05, 4.69) is 31.2 Å². The predicted octanol–water partition coefficient (Wildman–Crippen LogP) is 3.90. The summed E-state index contributed by atoms with van der Waals surface area (Å²) in [5.41, 5.74) is 3.50. The van der Waals surface area contributed by atoms with Gasteiger partial charge in [-0.15, -0.1) is 0 Å². The molecule has 20 heavy (non-hydrogen) atoms. The second kappa shape index (κ2) is 6.24. The summed E-state index contributed by atoms with van der Waals surface area (Å²) in [5, 5.41) is 8.70. The molecule has 0 saturated carbocycles. The molecule has 0 amide bonds. The molecular formula is C17H18O3. The number of hydrogen-bond acceptors (Lipinski definition) is 2. The van der Waals surface area contributed by atoms with Crippen molar-refractivity contribution in [3.8, 4) is 16.9 Å². The Bertz CT molecular complexity index is 570. The van der Waals surface area contributed by atoms with Crippen LogP contribution in [0.1, 0.15) is 18.9 Å². The molecule has 0 aliphatic rings. The maximum absolute atomic E-state index is 10.6. The quantitative estimate of drug-likeness (QED) is 0.896. The van der Waals surface area contributed by atoms with Gasteiger partial charge in [-0.05, 0) is 37.1 Å². The maximum Gasteiger partial charge on any atom is 0.307 e. The zero-order valence-electron chi connectivity index (χ0n) is 11.7. The number of hydrogen-bond donors (Lipinski definition) is 1. The molecule has 0 saturated heterocycles. The SMILES string of the molecule is Cc1ccc(-c2ccc(OC(C)CC(=O)O)cc2)cc1. The van der Waals surface area contributed by atoms with Gasteiger partial charge in [0.05, 0.1) is 6.42 Å². The van der Waals surface area contributed by atoms with Crippen molar-refractivity contribution in [1.29, 1.82) is 0 Å². The van der Waals surface area contributed by atoms with Gasteiger partial charge in [0.25, 0.3) is 0 Å². The first-order valence-corrected chi connectivity index (χ1v) is 6.60. The number of aryl methyl sites for hydroxylation is 1. The molecule has 1 atom stereocenters. The number of rotatable bonds is 5. The Balaban J connectivity index is 2.06. The number of ether oxygens (including phenoxy) is 1. The van der Waals surface area contributed by atoms with Gasteiger partial charge in [-0.3, -0.25) is 4.79 Å². The van der Waals surface area contributed by atoms with E-state index in [1.165, 1.54) is 5.56 Å². The Hall–Kier alpha value is -2.29. The van der Waals surface area contributed by atoms with Gasteiger partial charge in [0, 0.05) is 0 Å². The van der Waals surface area contributed by atoms with Crippen molar-refractivity contribution in [3.63, 3.8) is 0 Å². The van der Waals surface area contributed by atoms with E-state index in [0.717, 1.165) is 11.1 Å². The third-order valence-corrected chi connectivity index (χ3v) is 3.04. The highest BCUT2D eigenvalue weighted by molar-refractivity contribution is 5.67. The zero-order valence-corrected chi connectivity index (χ0v) is 11.7. The first-order chi connectivity index (χ1) is 9.54. The maximum atomic E-state index is 10.6. The number of carbonyl (C=O) groups is 1. The van der Waals surface area contributed by atoms with E-state index in [4.69, 9.17) is 9.84 Å². The molecule has 0 aliphatic heterocycles. The van der Waals surface area contributed by atoms with Crippen LogP contribution in [0.15, 0.2) is 48.5 Å².